The van der Waals surface area contributed by atoms with Gasteiger partial charge in [0.1, 0.15) is 0 Å². The average molecular weight is 228 g/mol. The van der Waals surface area contributed by atoms with Crippen LogP contribution in [0.1, 0.15) is 5.56 Å². The van der Waals surface area contributed by atoms with Crippen molar-refractivity contribution in [2.45, 2.75) is 6.92 Å². The molecule has 0 aliphatic carbocycles. The molecule has 0 atom stereocenters. The maximum absolute atomic E-state index is 8.93. The van der Waals surface area contributed by atoms with E-state index in [-0.39, 0.29) is 51.4 Å². The van der Waals surface area contributed by atoms with Crippen LogP contribution in [0, 0.1) is 6.92 Å². The molecule has 1 rings (SSSR count). The van der Waals surface area contributed by atoms with E-state index in [2.05, 4.69) is 30.2 Å². The zero-order valence-corrected chi connectivity index (χ0v) is 11.8. The fraction of sp³-hybridized carbons (Fsp3) is 0.143. The van der Waals surface area contributed by atoms with Crippen molar-refractivity contribution in [3.63, 3.8) is 0 Å². The first-order valence-corrected chi connectivity index (χ1v) is 4.96. The third kappa shape index (κ3) is 13.8. The Morgan fingerprint density at radius 1 is 1.33 bits per heavy atom. The van der Waals surface area contributed by atoms with E-state index in [4.69, 9.17) is 8.76 Å². The molecule has 0 heterocycles. The number of hydrogen-bond acceptors (Lipinski definition) is 3. The minimum absolute atomic E-state index is 0. The number of benzene rings is 1. The zero-order valence-electron chi connectivity index (χ0n) is 7.06. The second-order valence-electron chi connectivity index (χ2n) is 1.87. The van der Waals surface area contributed by atoms with Crippen LogP contribution in [-0.2, 0) is 25.0 Å². The molecule has 5 heteroatoms. The first kappa shape index (κ1) is 15.6. The third-order valence-corrected chi connectivity index (χ3v) is 0.940. The number of rotatable bonds is 0. The molecular formula is C7H9KO2S2-. The Labute approximate surface area is 122 Å². The fourth-order valence-corrected chi connectivity index (χ4v) is 0.534. The topological polar surface area (TPSA) is 37.3 Å². The van der Waals surface area contributed by atoms with Gasteiger partial charge in [-0.25, -0.2) is 11.2 Å². The molecule has 63 valence electrons. The standard InChI is InChI=1S/C7H8.K.HO2S2/c1-7-5-3-2-4-6-7;;1-4(2)3/h2-6H,1H3;;(H,1,2,3)/q;;-1. The van der Waals surface area contributed by atoms with Gasteiger partial charge in [-0.2, -0.15) is 0 Å². The molecule has 0 aliphatic rings. The summed E-state index contributed by atoms with van der Waals surface area (Å²) >= 11 is 3.65. The van der Waals surface area contributed by atoms with E-state index in [0.29, 0.717) is 0 Å². The maximum Gasteiger partial charge on any atom is 0 e. The molecule has 2 nitrogen and oxygen atoms in total. The molecule has 1 N–H and O–H groups in total. The van der Waals surface area contributed by atoms with Crippen molar-refractivity contribution in [2.75, 3.05) is 0 Å². The van der Waals surface area contributed by atoms with Gasteiger partial charge in [-0.3, -0.25) is 0 Å². The second-order valence-corrected chi connectivity index (χ2v) is 3.16. The van der Waals surface area contributed by atoms with E-state index < -0.39 is 9.64 Å². The van der Waals surface area contributed by atoms with Crippen LogP contribution in [0.15, 0.2) is 30.3 Å². The van der Waals surface area contributed by atoms with Gasteiger partial charge < -0.3 is 8.76 Å². The van der Waals surface area contributed by atoms with E-state index in [9.17, 15) is 0 Å². The predicted octanol–water partition coefficient (Wildman–Crippen LogP) is 1.50. The van der Waals surface area contributed by atoms with Crippen LogP contribution in [0.4, 0.5) is 0 Å². The van der Waals surface area contributed by atoms with Crippen molar-refractivity contribution in [3.8, 4) is 0 Å². The van der Waals surface area contributed by atoms with Gasteiger partial charge in [-0.1, -0.05) is 45.5 Å². The molecule has 0 fully saturated rings. The summed E-state index contributed by atoms with van der Waals surface area (Å²) in [7, 11) is -2.03. The summed E-state index contributed by atoms with van der Waals surface area (Å²) in [6.45, 7) is 2.08. The SMILES string of the molecule is Cc1ccccc1.O=[S-](O)=S.[K]. The van der Waals surface area contributed by atoms with Gasteiger partial charge in [0.2, 0.25) is 0 Å². The molecule has 0 amide bonds. The Bertz CT molecular complexity index is 251. The van der Waals surface area contributed by atoms with Crippen LogP contribution in [0.25, 0.3) is 0 Å². The van der Waals surface area contributed by atoms with Crippen LogP contribution in [-0.4, -0.2) is 55.9 Å². The fourth-order valence-electron chi connectivity index (χ4n) is 0.534. The Morgan fingerprint density at radius 3 is 1.83 bits per heavy atom. The van der Waals surface area contributed by atoms with Crippen LogP contribution >= 0.6 is 0 Å². The first-order chi connectivity index (χ1) is 5.13. The second kappa shape index (κ2) is 10.3. The molecule has 12 heavy (non-hydrogen) atoms. The Balaban J connectivity index is 0. The summed E-state index contributed by atoms with van der Waals surface area (Å²) in [5.74, 6) is 0. The smallest absolute Gasteiger partial charge is 0 e. The number of aryl methyl sites for hydroxylation is 1. The van der Waals surface area contributed by atoms with Crippen LogP contribution < -0.4 is 0 Å². The van der Waals surface area contributed by atoms with Crippen LogP contribution in [0.5, 0.6) is 0 Å². The Kier molecular flexibility index (Phi) is 13.4. The van der Waals surface area contributed by atoms with E-state index in [1.54, 1.807) is 0 Å². The van der Waals surface area contributed by atoms with E-state index in [0.717, 1.165) is 0 Å². The summed E-state index contributed by atoms with van der Waals surface area (Å²) < 4.78 is 16.3. The Hall–Kier alpha value is 1.19. The molecule has 0 unspecified atom stereocenters. The van der Waals surface area contributed by atoms with Gasteiger partial charge in [-0.05, 0) is 6.92 Å². The molecule has 0 saturated carbocycles. The van der Waals surface area contributed by atoms with Crippen molar-refractivity contribution in [2.24, 2.45) is 0 Å². The van der Waals surface area contributed by atoms with Crippen molar-refractivity contribution < 1.29 is 8.76 Å². The van der Waals surface area contributed by atoms with Crippen molar-refractivity contribution >= 4 is 72.2 Å². The summed E-state index contributed by atoms with van der Waals surface area (Å²) in [5.41, 5.74) is 1.32. The van der Waals surface area contributed by atoms with Crippen molar-refractivity contribution in [1.82, 2.24) is 0 Å². The van der Waals surface area contributed by atoms with E-state index in [1.807, 2.05) is 18.2 Å². The molecule has 0 bridgehead atoms. The van der Waals surface area contributed by atoms with Gasteiger partial charge in [0.15, 0.2) is 0 Å². The quantitative estimate of drug-likeness (QED) is 0.415. The maximum atomic E-state index is 8.93. The summed E-state index contributed by atoms with van der Waals surface area (Å²) in [4.78, 5) is 0. The molecule has 1 aromatic carbocycles. The molecule has 0 spiro atoms. The van der Waals surface area contributed by atoms with Crippen LogP contribution in [0.3, 0.4) is 0 Å². The Morgan fingerprint density at radius 2 is 1.67 bits per heavy atom. The van der Waals surface area contributed by atoms with Crippen molar-refractivity contribution in [3.05, 3.63) is 35.9 Å². The average Bonchev–Trinajstić information content (AvgIpc) is 1.87. The molecule has 1 aromatic rings. The predicted molar refractivity (Wildman–Crippen MR) is 55.0 cm³/mol. The van der Waals surface area contributed by atoms with E-state index >= 15 is 0 Å². The zero-order chi connectivity index (χ0) is 8.69. The first-order valence-electron chi connectivity index (χ1n) is 2.93. The summed E-state index contributed by atoms with van der Waals surface area (Å²) in [5, 5.41) is 0. The summed E-state index contributed by atoms with van der Waals surface area (Å²) in [6, 6.07) is 10.3. The van der Waals surface area contributed by atoms with Gasteiger partial charge in [0.05, 0.1) is 0 Å². The monoisotopic (exact) mass is 228 g/mol. The van der Waals surface area contributed by atoms with Crippen molar-refractivity contribution in [1.29, 1.82) is 0 Å². The van der Waals surface area contributed by atoms with Crippen LogP contribution in [0.2, 0.25) is 0 Å². The number of hydrogen-bond donors (Lipinski definition) is 1. The van der Waals surface area contributed by atoms with Gasteiger partial charge >= 0.3 is 0 Å². The minimum atomic E-state index is -2.03. The summed E-state index contributed by atoms with van der Waals surface area (Å²) in [6.07, 6.45) is 0. The molecule has 0 aromatic heterocycles. The van der Waals surface area contributed by atoms with Gasteiger partial charge in [0, 0.05) is 51.4 Å². The normalized spacial score (nSPS) is 7.92. The minimum Gasteiger partial charge on any atom is -0.459 e. The van der Waals surface area contributed by atoms with Gasteiger partial charge in [0.25, 0.3) is 0 Å². The molecule has 1 radical (unpaired) electrons. The molecule has 0 saturated heterocycles. The largest absolute Gasteiger partial charge is 0.459 e. The van der Waals surface area contributed by atoms with E-state index in [1.165, 1.54) is 5.56 Å². The third-order valence-electron chi connectivity index (χ3n) is 0.940. The molecular weight excluding hydrogens is 219 g/mol. The van der Waals surface area contributed by atoms with Gasteiger partial charge in [-0.15, -0.1) is 0 Å². The molecule has 0 aliphatic heterocycles.